The SMILES string of the molecule is OC1(CNCc2cc(Br)c(Br)o2)CCCCCC1. The second-order valence-electron chi connectivity index (χ2n) is 5.08. The zero-order valence-electron chi connectivity index (χ0n) is 10.3. The van der Waals surface area contributed by atoms with Gasteiger partial charge in [0, 0.05) is 6.54 Å². The number of hydrogen-bond acceptors (Lipinski definition) is 3. The Bertz CT molecular complexity index is 365. The van der Waals surface area contributed by atoms with Crippen molar-refractivity contribution in [3.05, 3.63) is 21.0 Å². The third-order valence-corrected chi connectivity index (χ3v) is 5.19. The normalized spacial score (nSPS) is 19.7. The molecule has 3 nitrogen and oxygen atoms in total. The average molecular weight is 381 g/mol. The number of halogens is 2. The highest BCUT2D eigenvalue weighted by Crippen LogP contribution is 2.28. The van der Waals surface area contributed by atoms with Crippen molar-refractivity contribution < 1.29 is 9.52 Å². The van der Waals surface area contributed by atoms with Crippen LogP contribution in [0.15, 0.2) is 19.6 Å². The van der Waals surface area contributed by atoms with Crippen LogP contribution >= 0.6 is 31.9 Å². The van der Waals surface area contributed by atoms with Gasteiger partial charge in [0.25, 0.3) is 0 Å². The molecule has 1 aliphatic carbocycles. The lowest BCUT2D eigenvalue weighted by atomic mass is 9.94. The van der Waals surface area contributed by atoms with Gasteiger partial charge in [-0.05, 0) is 50.8 Å². The van der Waals surface area contributed by atoms with Crippen molar-refractivity contribution in [2.45, 2.75) is 50.7 Å². The average Bonchev–Trinajstić information content (AvgIpc) is 2.52. The Morgan fingerprint density at radius 3 is 2.44 bits per heavy atom. The number of rotatable bonds is 4. The predicted molar refractivity (Wildman–Crippen MR) is 78.5 cm³/mol. The lowest BCUT2D eigenvalue weighted by Crippen LogP contribution is -2.39. The minimum absolute atomic E-state index is 0.530. The van der Waals surface area contributed by atoms with Gasteiger partial charge in [0.1, 0.15) is 5.76 Å². The summed E-state index contributed by atoms with van der Waals surface area (Å²) in [6, 6.07) is 1.94. The van der Waals surface area contributed by atoms with Gasteiger partial charge in [-0.15, -0.1) is 0 Å². The van der Waals surface area contributed by atoms with Crippen molar-refractivity contribution in [2.24, 2.45) is 0 Å². The third kappa shape index (κ3) is 4.08. The molecule has 102 valence electrons. The quantitative estimate of drug-likeness (QED) is 0.776. The van der Waals surface area contributed by atoms with E-state index in [1.807, 2.05) is 6.07 Å². The maximum atomic E-state index is 10.5. The number of hydrogen-bond donors (Lipinski definition) is 2. The summed E-state index contributed by atoms with van der Waals surface area (Å²) < 4.78 is 7.13. The summed E-state index contributed by atoms with van der Waals surface area (Å²) in [5.74, 6) is 0.867. The van der Waals surface area contributed by atoms with E-state index in [1.54, 1.807) is 0 Å². The van der Waals surface area contributed by atoms with Gasteiger partial charge in [-0.1, -0.05) is 25.7 Å². The minimum atomic E-state index is -0.530. The molecule has 1 aromatic heterocycles. The molecule has 0 amide bonds. The summed E-state index contributed by atoms with van der Waals surface area (Å²) in [7, 11) is 0. The van der Waals surface area contributed by atoms with E-state index in [4.69, 9.17) is 4.42 Å². The number of aliphatic hydroxyl groups is 1. The molecule has 1 aromatic rings. The lowest BCUT2D eigenvalue weighted by molar-refractivity contribution is 0.0247. The zero-order valence-corrected chi connectivity index (χ0v) is 13.5. The first-order chi connectivity index (χ1) is 8.59. The van der Waals surface area contributed by atoms with Crippen LogP contribution in [0, 0.1) is 0 Å². The van der Waals surface area contributed by atoms with Crippen molar-refractivity contribution in [2.75, 3.05) is 6.54 Å². The Kier molecular flexibility index (Phi) is 5.30. The van der Waals surface area contributed by atoms with E-state index in [0.29, 0.717) is 17.8 Å². The van der Waals surface area contributed by atoms with Gasteiger partial charge in [-0.25, -0.2) is 0 Å². The van der Waals surface area contributed by atoms with Crippen molar-refractivity contribution in [1.82, 2.24) is 5.32 Å². The molecule has 0 spiro atoms. The fraction of sp³-hybridized carbons (Fsp3) is 0.692. The smallest absolute Gasteiger partial charge is 0.183 e. The van der Waals surface area contributed by atoms with Crippen molar-refractivity contribution in [1.29, 1.82) is 0 Å². The molecule has 0 bridgehead atoms. The van der Waals surface area contributed by atoms with Crippen molar-refractivity contribution in [3.8, 4) is 0 Å². The molecule has 0 unspecified atom stereocenters. The second-order valence-corrected chi connectivity index (χ2v) is 6.65. The lowest BCUT2D eigenvalue weighted by Gasteiger charge is -2.26. The summed E-state index contributed by atoms with van der Waals surface area (Å²) in [6.45, 7) is 1.29. The van der Waals surface area contributed by atoms with Gasteiger partial charge >= 0.3 is 0 Å². The van der Waals surface area contributed by atoms with Gasteiger partial charge in [-0.2, -0.15) is 0 Å². The van der Waals surface area contributed by atoms with Crippen LogP contribution in [0.25, 0.3) is 0 Å². The molecular formula is C13H19Br2NO2. The van der Waals surface area contributed by atoms with Crippen LogP contribution in [0.5, 0.6) is 0 Å². The van der Waals surface area contributed by atoms with Gasteiger partial charge in [0.05, 0.1) is 16.6 Å². The second kappa shape index (κ2) is 6.55. The molecule has 0 radical (unpaired) electrons. The van der Waals surface area contributed by atoms with Crippen LogP contribution < -0.4 is 5.32 Å². The molecule has 1 aliphatic rings. The molecule has 1 saturated carbocycles. The van der Waals surface area contributed by atoms with Crippen LogP contribution in [0.1, 0.15) is 44.3 Å². The standard InChI is InChI=1S/C13H19Br2NO2/c14-11-7-10(18-12(11)15)8-16-9-13(17)5-3-1-2-4-6-13/h7,16-17H,1-6,8-9H2. The summed E-state index contributed by atoms with van der Waals surface area (Å²) in [5, 5.41) is 13.8. The van der Waals surface area contributed by atoms with Crippen LogP contribution in [-0.4, -0.2) is 17.3 Å². The minimum Gasteiger partial charge on any atom is -0.452 e. The van der Waals surface area contributed by atoms with Crippen LogP contribution in [0.3, 0.4) is 0 Å². The highest BCUT2D eigenvalue weighted by atomic mass is 79.9. The van der Waals surface area contributed by atoms with Gasteiger partial charge in [0.2, 0.25) is 0 Å². The molecule has 2 N–H and O–H groups in total. The zero-order chi connectivity index (χ0) is 13.0. The molecule has 2 rings (SSSR count). The molecule has 1 fully saturated rings. The molecular weight excluding hydrogens is 362 g/mol. The van der Waals surface area contributed by atoms with Gasteiger partial charge in [-0.3, -0.25) is 0 Å². The first kappa shape index (κ1) is 14.6. The maximum Gasteiger partial charge on any atom is 0.183 e. The van der Waals surface area contributed by atoms with Crippen LogP contribution in [0.4, 0.5) is 0 Å². The Morgan fingerprint density at radius 2 is 1.89 bits per heavy atom. The van der Waals surface area contributed by atoms with E-state index in [-0.39, 0.29) is 0 Å². The van der Waals surface area contributed by atoms with E-state index in [1.165, 1.54) is 12.8 Å². The Balaban J connectivity index is 1.80. The monoisotopic (exact) mass is 379 g/mol. The van der Waals surface area contributed by atoms with Crippen molar-refractivity contribution in [3.63, 3.8) is 0 Å². The molecule has 0 saturated heterocycles. The summed E-state index contributed by atoms with van der Waals surface area (Å²) in [5.41, 5.74) is -0.530. The Morgan fingerprint density at radius 1 is 1.22 bits per heavy atom. The largest absolute Gasteiger partial charge is 0.452 e. The topological polar surface area (TPSA) is 45.4 Å². The van der Waals surface area contributed by atoms with E-state index < -0.39 is 5.60 Å². The molecule has 1 heterocycles. The van der Waals surface area contributed by atoms with E-state index >= 15 is 0 Å². The van der Waals surface area contributed by atoms with Gasteiger partial charge in [0.15, 0.2) is 4.67 Å². The number of furan rings is 1. The van der Waals surface area contributed by atoms with E-state index in [2.05, 4.69) is 37.2 Å². The highest BCUT2D eigenvalue weighted by Gasteiger charge is 2.27. The number of nitrogens with one attached hydrogen (secondary N) is 1. The Hall–Kier alpha value is 0.160. The predicted octanol–water partition coefficient (Wildman–Crippen LogP) is 3.98. The summed E-state index contributed by atoms with van der Waals surface area (Å²) in [4.78, 5) is 0. The summed E-state index contributed by atoms with van der Waals surface area (Å²) >= 11 is 6.70. The summed E-state index contributed by atoms with van der Waals surface area (Å²) in [6.07, 6.45) is 6.59. The van der Waals surface area contributed by atoms with Crippen LogP contribution in [-0.2, 0) is 6.54 Å². The van der Waals surface area contributed by atoms with Gasteiger partial charge < -0.3 is 14.8 Å². The van der Waals surface area contributed by atoms with Crippen LogP contribution in [0.2, 0.25) is 0 Å². The Labute approximate surface area is 125 Å². The highest BCUT2D eigenvalue weighted by molar-refractivity contribution is 9.13. The molecule has 5 heteroatoms. The molecule has 18 heavy (non-hydrogen) atoms. The fourth-order valence-corrected chi connectivity index (χ4v) is 3.12. The third-order valence-electron chi connectivity index (χ3n) is 3.48. The molecule has 0 aliphatic heterocycles. The van der Waals surface area contributed by atoms with Crippen molar-refractivity contribution >= 4 is 31.9 Å². The molecule has 0 atom stereocenters. The van der Waals surface area contributed by atoms with E-state index in [9.17, 15) is 5.11 Å². The van der Waals surface area contributed by atoms with E-state index in [0.717, 1.165) is 35.9 Å². The molecule has 0 aromatic carbocycles. The first-order valence-corrected chi connectivity index (χ1v) is 8.04. The fourth-order valence-electron chi connectivity index (χ4n) is 2.46. The first-order valence-electron chi connectivity index (χ1n) is 6.46. The maximum absolute atomic E-state index is 10.5.